The van der Waals surface area contributed by atoms with E-state index in [1.54, 1.807) is 15.4 Å². The van der Waals surface area contributed by atoms with Crippen LogP contribution in [0.15, 0.2) is 42.9 Å². The molecule has 0 saturated heterocycles. The number of nitrogens with zero attached hydrogens (tertiary/aromatic N) is 9. The van der Waals surface area contributed by atoms with E-state index < -0.39 is 0 Å². The Morgan fingerprint density at radius 2 is 1.93 bits per heavy atom. The minimum atomic E-state index is 0.395. The molecule has 6 rings (SSSR count). The molecule has 146 valence electrons. The number of nitrogens with one attached hydrogen (secondary N) is 2. The zero-order chi connectivity index (χ0) is 20.2. The Balaban J connectivity index is 1.63. The topological polar surface area (TPSA) is 131 Å². The molecule has 0 spiro atoms. The average molecular weight is 397 g/mol. The predicted octanol–water partition coefficient (Wildman–Crippen LogP) is 2.26. The first kappa shape index (κ1) is 16.5. The highest BCUT2D eigenvalue weighted by Crippen LogP contribution is 2.27. The van der Waals surface area contributed by atoms with E-state index in [-0.39, 0.29) is 0 Å². The molecule has 0 amide bonds. The maximum Gasteiger partial charge on any atom is 0.231 e. The van der Waals surface area contributed by atoms with Gasteiger partial charge in [0.2, 0.25) is 11.8 Å². The van der Waals surface area contributed by atoms with Gasteiger partial charge in [0, 0.05) is 11.4 Å². The van der Waals surface area contributed by atoms with Crippen LogP contribution < -0.4 is 0 Å². The van der Waals surface area contributed by atoms with Gasteiger partial charge in [-0.25, -0.2) is 24.5 Å². The van der Waals surface area contributed by atoms with Gasteiger partial charge in [-0.2, -0.15) is 14.9 Å². The quantitative estimate of drug-likeness (QED) is 0.468. The minimum Gasteiger partial charge on any atom is -0.322 e. The SMILES string of the molecule is Cc1cc(C)n2ncc(-c3nc(-c4ncn[nH]4)nn3-c3nc4ccccc4[nH]3)c2n1. The van der Waals surface area contributed by atoms with E-state index >= 15 is 0 Å². The van der Waals surface area contributed by atoms with E-state index in [4.69, 9.17) is 4.98 Å². The zero-order valence-electron chi connectivity index (χ0n) is 16.1. The van der Waals surface area contributed by atoms with Crippen molar-refractivity contribution in [1.29, 1.82) is 0 Å². The molecule has 11 heteroatoms. The molecule has 0 radical (unpaired) electrons. The molecule has 0 aliphatic carbocycles. The van der Waals surface area contributed by atoms with Crippen molar-refractivity contribution in [3.63, 3.8) is 0 Å². The molecule has 0 unspecified atom stereocenters. The Hall–Kier alpha value is -4.41. The Morgan fingerprint density at radius 1 is 1.03 bits per heavy atom. The van der Waals surface area contributed by atoms with Crippen LogP contribution in [-0.2, 0) is 0 Å². The normalized spacial score (nSPS) is 11.7. The van der Waals surface area contributed by atoms with Gasteiger partial charge < -0.3 is 4.98 Å². The van der Waals surface area contributed by atoms with E-state index in [2.05, 4.69) is 40.3 Å². The van der Waals surface area contributed by atoms with Crippen molar-refractivity contribution in [3.05, 3.63) is 54.2 Å². The van der Waals surface area contributed by atoms with Gasteiger partial charge in [0.25, 0.3) is 0 Å². The van der Waals surface area contributed by atoms with Crippen LogP contribution in [0.2, 0.25) is 0 Å². The number of aromatic nitrogens is 11. The first-order valence-corrected chi connectivity index (χ1v) is 9.27. The van der Waals surface area contributed by atoms with E-state index in [0.717, 1.165) is 28.0 Å². The van der Waals surface area contributed by atoms with Crippen molar-refractivity contribution in [2.45, 2.75) is 13.8 Å². The molecule has 5 heterocycles. The van der Waals surface area contributed by atoms with Crippen LogP contribution in [0.5, 0.6) is 0 Å². The fourth-order valence-corrected chi connectivity index (χ4v) is 3.52. The summed E-state index contributed by atoms with van der Waals surface area (Å²) in [5.74, 6) is 1.94. The fourth-order valence-electron chi connectivity index (χ4n) is 3.52. The molecule has 30 heavy (non-hydrogen) atoms. The highest BCUT2D eigenvalue weighted by Gasteiger charge is 2.22. The Kier molecular flexibility index (Phi) is 3.33. The van der Waals surface area contributed by atoms with Crippen LogP contribution in [0.1, 0.15) is 11.4 Å². The number of rotatable bonds is 3. The molecular weight excluding hydrogens is 382 g/mol. The van der Waals surface area contributed by atoms with Crippen LogP contribution in [0.4, 0.5) is 0 Å². The first-order valence-electron chi connectivity index (χ1n) is 9.27. The van der Waals surface area contributed by atoms with Crippen LogP contribution in [0.25, 0.3) is 45.7 Å². The summed E-state index contributed by atoms with van der Waals surface area (Å²) in [6.45, 7) is 3.94. The number of aromatic amines is 2. The summed E-state index contributed by atoms with van der Waals surface area (Å²) in [7, 11) is 0. The molecule has 0 saturated carbocycles. The summed E-state index contributed by atoms with van der Waals surface area (Å²) < 4.78 is 3.43. The molecule has 5 aromatic heterocycles. The number of imidazole rings is 1. The molecule has 0 bridgehead atoms. The van der Waals surface area contributed by atoms with E-state index in [9.17, 15) is 0 Å². The van der Waals surface area contributed by atoms with Gasteiger partial charge in [0.05, 0.1) is 22.8 Å². The van der Waals surface area contributed by atoms with E-state index in [1.807, 2.05) is 44.2 Å². The smallest absolute Gasteiger partial charge is 0.231 e. The average Bonchev–Trinajstić information content (AvgIpc) is 3.50. The van der Waals surface area contributed by atoms with Crippen molar-refractivity contribution < 1.29 is 0 Å². The molecule has 0 aliphatic heterocycles. The number of aryl methyl sites for hydroxylation is 2. The third-order valence-electron chi connectivity index (χ3n) is 4.83. The molecule has 1 aromatic carbocycles. The second kappa shape index (κ2) is 6.04. The molecule has 0 fully saturated rings. The van der Waals surface area contributed by atoms with E-state index in [0.29, 0.717) is 29.1 Å². The Labute approximate surface area is 168 Å². The van der Waals surface area contributed by atoms with Gasteiger partial charge >= 0.3 is 0 Å². The first-order chi connectivity index (χ1) is 14.7. The molecule has 0 atom stereocenters. The van der Waals surface area contributed by atoms with Crippen molar-refractivity contribution in [1.82, 2.24) is 54.5 Å². The minimum absolute atomic E-state index is 0.395. The van der Waals surface area contributed by atoms with Crippen LogP contribution in [-0.4, -0.2) is 54.5 Å². The molecule has 11 nitrogen and oxygen atoms in total. The van der Waals surface area contributed by atoms with Crippen LogP contribution in [0, 0.1) is 13.8 Å². The number of hydrogen-bond acceptors (Lipinski definition) is 7. The van der Waals surface area contributed by atoms with Crippen molar-refractivity contribution in [3.8, 4) is 29.0 Å². The zero-order valence-corrected chi connectivity index (χ0v) is 16.1. The Morgan fingerprint density at radius 3 is 2.77 bits per heavy atom. The summed E-state index contributed by atoms with van der Waals surface area (Å²) in [6, 6.07) is 9.77. The van der Waals surface area contributed by atoms with Gasteiger partial charge in [-0.05, 0) is 32.0 Å². The third-order valence-corrected chi connectivity index (χ3v) is 4.83. The lowest BCUT2D eigenvalue weighted by Gasteiger charge is -2.03. The second-order valence-corrected chi connectivity index (χ2v) is 6.92. The summed E-state index contributed by atoms with van der Waals surface area (Å²) >= 11 is 0. The number of H-pyrrole nitrogens is 2. The van der Waals surface area contributed by atoms with Crippen molar-refractivity contribution in [2.24, 2.45) is 0 Å². The van der Waals surface area contributed by atoms with Gasteiger partial charge in [0.1, 0.15) is 6.33 Å². The number of hydrogen-bond donors (Lipinski definition) is 2. The predicted molar refractivity (Wildman–Crippen MR) is 108 cm³/mol. The number of para-hydroxylation sites is 2. The second-order valence-electron chi connectivity index (χ2n) is 6.92. The lowest BCUT2D eigenvalue weighted by atomic mass is 10.3. The maximum absolute atomic E-state index is 4.72. The molecule has 6 aromatic rings. The summed E-state index contributed by atoms with van der Waals surface area (Å²) in [5, 5.41) is 15.8. The fraction of sp³-hybridized carbons (Fsp3) is 0.105. The molecule has 2 N–H and O–H groups in total. The van der Waals surface area contributed by atoms with Crippen molar-refractivity contribution in [2.75, 3.05) is 0 Å². The number of fused-ring (bicyclic) bond motifs is 2. The lowest BCUT2D eigenvalue weighted by Crippen LogP contribution is -2.03. The standard InChI is InChI=1S/C19H15N11/c1-10-7-11(2)29-17(23-10)12(8-22-29)18-26-16(15-20-9-21-27-15)28-30(18)19-24-13-5-3-4-6-14(13)25-19/h3-9H,1-2H3,(H,24,25)(H,20,21,27). The summed E-state index contributed by atoms with van der Waals surface area (Å²) in [4.78, 5) is 21.5. The van der Waals surface area contributed by atoms with Crippen molar-refractivity contribution >= 4 is 16.7 Å². The Bertz CT molecular complexity index is 1480. The highest BCUT2D eigenvalue weighted by molar-refractivity contribution is 5.78. The third kappa shape index (κ3) is 2.42. The molecule has 0 aliphatic rings. The lowest BCUT2D eigenvalue weighted by molar-refractivity contribution is 0.835. The van der Waals surface area contributed by atoms with Crippen LogP contribution >= 0.6 is 0 Å². The maximum atomic E-state index is 4.72. The number of benzene rings is 1. The van der Waals surface area contributed by atoms with E-state index in [1.165, 1.54) is 6.33 Å². The van der Waals surface area contributed by atoms with Gasteiger partial charge in [0.15, 0.2) is 17.3 Å². The van der Waals surface area contributed by atoms with Crippen LogP contribution in [0.3, 0.4) is 0 Å². The summed E-state index contributed by atoms with van der Waals surface area (Å²) in [5.41, 5.74) is 5.04. The monoisotopic (exact) mass is 397 g/mol. The molecular formula is C19H15N11. The van der Waals surface area contributed by atoms with Gasteiger partial charge in [-0.3, -0.25) is 5.10 Å². The van der Waals surface area contributed by atoms with Gasteiger partial charge in [-0.1, -0.05) is 12.1 Å². The van der Waals surface area contributed by atoms with Gasteiger partial charge in [-0.15, -0.1) is 5.10 Å². The summed E-state index contributed by atoms with van der Waals surface area (Å²) in [6.07, 6.45) is 3.16. The highest BCUT2D eigenvalue weighted by atomic mass is 15.4. The largest absolute Gasteiger partial charge is 0.322 e.